The van der Waals surface area contributed by atoms with Gasteiger partial charge in [0, 0.05) is 25.1 Å². The molecule has 0 radical (unpaired) electrons. The van der Waals surface area contributed by atoms with Gasteiger partial charge in [-0.2, -0.15) is 0 Å². The van der Waals surface area contributed by atoms with Crippen molar-refractivity contribution < 1.29 is 0 Å². The molecule has 0 atom stereocenters. The molecule has 6 heteroatoms. The van der Waals surface area contributed by atoms with Crippen LogP contribution >= 0.6 is 12.2 Å². The number of benzene rings is 1. The number of aromatic nitrogens is 3. The Kier molecular flexibility index (Phi) is 4.86. The average molecular weight is 337 g/mol. The third-order valence-corrected chi connectivity index (χ3v) is 4.00. The van der Waals surface area contributed by atoms with Gasteiger partial charge in [-0.1, -0.05) is 24.3 Å². The van der Waals surface area contributed by atoms with E-state index in [0.29, 0.717) is 11.7 Å². The van der Waals surface area contributed by atoms with Crippen molar-refractivity contribution in [2.24, 2.45) is 0 Å². The highest BCUT2D eigenvalue weighted by Gasteiger charge is 2.07. The van der Waals surface area contributed by atoms with E-state index < -0.39 is 0 Å². The fraction of sp³-hybridized carbons (Fsp3) is 0.167. The van der Waals surface area contributed by atoms with Crippen LogP contribution in [0.1, 0.15) is 17.0 Å². The van der Waals surface area contributed by atoms with E-state index >= 15 is 0 Å². The van der Waals surface area contributed by atoms with Crippen LogP contribution in [0.25, 0.3) is 5.69 Å². The maximum absolute atomic E-state index is 5.38. The fourth-order valence-corrected chi connectivity index (χ4v) is 2.64. The number of rotatable bonds is 4. The summed E-state index contributed by atoms with van der Waals surface area (Å²) in [5.41, 5.74) is 3.29. The quantitative estimate of drug-likeness (QED) is 0.715. The Bertz CT molecular complexity index is 856. The lowest BCUT2D eigenvalue weighted by Crippen LogP contribution is -2.29. The molecule has 2 N–H and O–H groups in total. The van der Waals surface area contributed by atoms with E-state index in [1.807, 2.05) is 44.3 Å². The van der Waals surface area contributed by atoms with Crippen LogP contribution in [0.4, 0.5) is 5.82 Å². The second kappa shape index (κ2) is 7.23. The van der Waals surface area contributed by atoms with Gasteiger partial charge in [0.25, 0.3) is 0 Å². The Balaban J connectivity index is 1.70. The van der Waals surface area contributed by atoms with Gasteiger partial charge in [0.1, 0.15) is 11.6 Å². The van der Waals surface area contributed by atoms with Crippen LogP contribution in [-0.4, -0.2) is 19.6 Å². The van der Waals surface area contributed by atoms with E-state index in [4.69, 9.17) is 12.2 Å². The summed E-state index contributed by atoms with van der Waals surface area (Å²) in [6.07, 6.45) is 5.51. The zero-order valence-corrected chi connectivity index (χ0v) is 14.5. The third-order valence-electron chi connectivity index (χ3n) is 3.76. The summed E-state index contributed by atoms with van der Waals surface area (Å²) in [7, 11) is 0. The Labute approximate surface area is 146 Å². The summed E-state index contributed by atoms with van der Waals surface area (Å²) in [5, 5.41) is 6.93. The summed E-state index contributed by atoms with van der Waals surface area (Å²) in [6.45, 7) is 4.60. The second-order valence-corrected chi connectivity index (χ2v) is 5.86. The van der Waals surface area contributed by atoms with E-state index in [9.17, 15) is 0 Å². The molecule has 2 aromatic heterocycles. The summed E-state index contributed by atoms with van der Waals surface area (Å²) < 4.78 is 2.07. The summed E-state index contributed by atoms with van der Waals surface area (Å²) in [5.74, 6) is 1.72. The van der Waals surface area contributed by atoms with Crippen molar-refractivity contribution in [3.8, 4) is 5.69 Å². The SMILES string of the molecule is Cc1cccnc1NC(=S)NCc1ccccc1-n1ccnc1C. The number of pyridine rings is 1. The normalized spacial score (nSPS) is 10.4. The minimum absolute atomic E-state index is 0.550. The maximum atomic E-state index is 5.38. The standard InChI is InChI=1S/C18H19N5S/c1-13-6-5-9-20-17(13)22-18(24)21-12-15-7-3-4-8-16(15)23-11-10-19-14(23)2/h3-11H,12H2,1-2H3,(H2,20,21,22,24). The number of thiocarbonyl (C=S) groups is 1. The number of nitrogens with zero attached hydrogens (tertiary/aromatic N) is 3. The Morgan fingerprint density at radius 3 is 2.67 bits per heavy atom. The number of anilines is 1. The summed E-state index contributed by atoms with van der Waals surface area (Å²) in [6, 6.07) is 12.1. The first-order chi connectivity index (χ1) is 11.6. The van der Waals surface area contributed by atoms with E-state index in [0.717, 1.165) is 28.5 Å². The zero-order chi connectivity index (χ0) is 16.9. The van der Waals surface area contributed by atoms with Crippen LogP contribution in [-0.2, 0) is 6.54 Å². The van der Waals surface area contributed by atoms with Crippen molar-refractivity contribution in [2.75, 3.05) is 5.32 Å². The molecule has 3 aromatic rings. The highest BCUT2D eigenvalue weighted by Crippen LogP contribution is 2.16. The number of para-hydroxylation sites is 1. The highest BCUT2D eigenvalue weighted by atomic mass is 32.1. The molecule has 0 spiro atoms. The topological polar surface area (TPSA) is 54.8 Å². The Hall–Kier alpha value is -2.73. The fourth-order valence-electron chi connectivity index (χ4n) is 2.47. The molecule has 0 aliphatic carbocycles. The van der Waals surface area contributed by atoms with Gasteiger partial charge in [-0.15, -0.1) is 0 Å². The van der Waals surface area contributed by atoms with Gasteiger partial charge >= 0.3 is 0 Å². The number of hydrogen-bond donors (Lipinski definition) is 2. The number of aryl methyl sites for hydroxylation is 2. The minimum Gasteiger partial charge on any atom is -0.358 e. The smallest absolute Gasteiger partial charge is 0.172 e. The lowest BCUT2D eigenvalue weighted by atomic mass is 10.1. The van der Waals surface area contributed by atoms with E-state index in [1.165, 1.54) is 0 Å². The van der Waals surface area contributed by atoms with E-state index in [1.54, 1.807) is 12.4 Å². The van der Waals surface area contributed by atoms with Gasteiger partial charge in [-0.25, -0.2) is 9.97 Å². The molecule has 0 aliphatic rings. The van der Waals surface area contributed by atoms with Gasteiger partial charge in [-0.3, -0.25) is 0 Å². The predicted molar refractivity (Wildman–Crippen MR) is 100 cm³/mol. The maximum Gasteiger partial charge on any atom is 0.172 e. The average Bonchev–Trinajstić information content (AvgIpc) is 3.01. The summed E-state index contributed by atoms with van der Waals surface area (Å²) >= 11 is 5.38. The van der Waals surface area contributed by atoms with Crippen molar-refractivity contribution in [3.63, 3.8) is 0 Å². The first-order valence-electron chi connectivity index (χ1n) is 7.70. The second-order valence-electron chi connectivity index (χ2n) is 5.45. The van der Waals surface area contributed by atoms with E-state index in [-0.39, 0.29) is 0 Å². The molecule has 0 aliphatic heterocycles. The van der Waals surface area contributed by atoms with Crippen molar-refractivity contribution in [2.45, 2.75) is 20.4 Å². The number of nitrogens with one attached hydrogen (secondary N) is 2. The molecule has 122 valence electrons. The highest BCUT2D eigenvalue weighted by molar-refractivity contribution is 7.80. The molecule has 0 unspecified atom stereocenters. The Morgan fingerprint density at radius 2 is 1.92 bits per heavy atom. The molecule has 0 saturated heterocycles. The first kappa shape index (κ1) is 16.1. The predicted octanol–water partition coefficient (Wildman–Crippen LogP) is 3.37. The third kappa shape index (κ3) is 3.60. The van der Waals surface area contributed by atoms with Crippen LogP contribution in [0.5, 0.6) is 0 Å². The van der Waals surface area contributed by atoms with E-state index in [2.05, 4.69) is 37.3 Å². The van der Waals surface area contributed by atoms with Gasteiger partial charge in [-0.05, 0) is 49.3 Å². The Morgan fingerprint density at radius 1 is 1.08 bits per heavy atom. The lowest BCUT2D eigenvalue weighted by Gasteiger charge is -2.15. The molecule has 0 fully saturated rings. The van der Waals surface area contributed by atoms with Crippen LogP contribution < -0.4 is 10.6 Å². The molecular weight excluding hydrogens is 318 g/mol. The van der Waals surface area contributed by atoms with Gasteiger partial charge < -0.3 is 15.2 Å². The van der Waals surface area contributed by atoms with Crippen LogP contribution in [0, 0.1) is 13.8 Å². The van der Waals surface area contributed by atoms with Gasteiger partial charge in [0.2, 0.25) is 0 Å². The minimum atomic E-state index is 0.550. The van der Waals surface area contributed by atoms with Crippen LogP contribution in [0.2, 0.25) is 0 Å². The first-order valence-corrected chi connectivity index (χ1v) is 8.10. The number of imidazole rings is 1. The van der Waals surface area contributed by atoms with Crippen LogP contribution in [0.3, 0.4) is 0 Å². The molecule has 2 heterocycles. The molecule has 1 aromatic carbocycles. The van der Waals surface area contributed by atoms with Crippen molar-refractivity contribution in [1.82, 2.24) is 19.9 Å². The molecule has 0 amide bonds. The zero-order valence-electron chi connectivity index (χ0n) is 13.7. The van der Waals surface area contributed by atoms with Crippen molar-refractivity contribution in [3.05, 3.63) is 71.9 Å². The molecule has 0 bridgehead atoms. The van der Waals surface area contributed by atoms with Crippen molar-refractivity contribution in [1.29, 1.82) is 0 Å². The lowest BCUT2D eigenvalue weighted by molar-refractivity contribution is 0.884. The van der Waals surface area contributed by atoms with Crippen molar-refractivity contribution >= 4 is 23.1 Å². The largest absolute Gasteiger partial charge is 0.358 e. The van der Waals surface area contributed by atoms with Gasteiger partial charge in [0.15, 0.2) is 5.11 Å². The summed E-state index contributed by atoms with van der Waals surface area (Å²) in [4.78, 5) is 8.58. The molecule has 0 saturated carbocycles. The molecule has 24 heavy (non-hydrogen) atoms. The number of hydrogen-bond acceptors (Lipinski definition) is 3. The van der Waals surface area contributed by atoms with Gasteiger partial charge in [0.05, 0.1) is 5.69 Å². The monoisotopic (exact) mass is 337 g/mol. The molecule has 3 rings (SSSR count). The van der Waals surface area contributed by atoms with Crippen LogP contribution in [0.15, 0.2) is 55.0 Å². The molecule has 5 nitrogen and oxygen atoms in total. The molecular formula is C18H19N5S.